The monoisotopic (exact) mass is 247 g/mol. The smallest absolute Gasteiger partial charge is 0.376 e. The summed E-state index contributed by atoms with van der Waals surface area (Å²) in [6, 6.07) is 7.19. The van der Waals surface area contributed by atoms with Crippen LogP contribution in [0.5, 0.6) is 0 Å². The van der Waals surface area contributed by atoms with Crippen LogP contribution < -0.4 is 11.6 Å². The average molecular weight is 247 g/mol. The summed E-state index contributed by atoms with van der Waals surface area (Å²) in [5.74, 6) is 4.46. The Morgan fingerprint density at radius 1 is 1.28 bits per heavy atom. The molecule has 6 nitrogen and oxygen atoms in total. The number of hydrazone groups is 1. The molecule has 0 spiro atoms. The van der Waals surface area contributed by atoms with Crippen molar-refractivity contribution in [1.82, 2.24) is 0 Å². The van der Waals surface area contributed by atoms with E-state index in [1.54, 1.807) is 24.3 Å². The van der Waals surface area contributed by atoms with Gasteiger partial charge in [-0.15, -0.1) is 0 Å². The Bertz CT molecular complexity index is 504. The van der Waals surface area contributed by atoms with Gasteiger partial charge in [-0.2, -0.15) is 5.10 Å². The van der Waals surface area contributed by atoms with Crippen molar-refractivity contribution in [3.05, 3.63) is 35.4 Å². The molecule has 1 fully saturated rings. The molecule has 0 bridgehead atoms. The van der Waals surface area contributed by atoms with Crippen LogP contribution in [0.15, 0.2) is 29.4 Å². The summed E-state index contributed by atoms with van der Waals surface area (Å²) in [7, 11) is 0. The highest BCUT2D eigenvalue weighted by atomic mass is 16.6. The number of hydrogen-bond donors (Lipinski definition) is 2. The molecule has 94 valence electrons. The first-order valence-corrected chi connectivity index (χ1v) is 5.44. The molecule has 2 rings (SSSR count). The van der Waals surface area contributed by atoms with Crippen LogP contribution in [0.2, 0.25) is 0 Å². The highest BCUT2D eigenvalue weighted by molar-refractivity contribution is 5.93. The van der Waals surface area contributed by atoms with Crippen molar-refractivity contribution in [2.45, 2.75) is 18.3 Å². The molecule has 18 heavy (non-hydrogen) atoms. The molecule has 1 aromatic carbocycles. The molecule has 4 N–H and O–H groups in total. The topological polar surface area (TPSA) is 108 Å². The number of nitrogens with two attached hydrogens (primary N) is 2. The van der Waals surface area contributed by atoms with Gasteiger partial charge in [-0.05, 0) is 24.0 Å². The number of esters is 1. The van der Waals surface area contributed by atoms with Crippen LogP contribution in [0.1, 0.15) is 24.0 Å². The van der Waals surface area contributed by atoms with E-state index in [4.69, 9.17) is 11.6 Å². The molecule has 0 atom stereocenters. The van der Waals surface area contributed by atoms with Crippen molar-refractivity contribution in [3.63, 3.8) is 0 Å². The second-order valence-electron chi connectivity index (χ2n) is 4.19. The summed E-state index contributed by atoms with van der Waals surface area (Å²) in [5.41, 5.74) is 5.77. The Morgan fingerprint density at radius 3 is 2.33 bits per heavy atom. The molecule has 0 heterocycles. The van der Waals surface area contributed by atoms with Crippen molar-refractivity contribution < 1.29 is 14.3 Å². The fourth-order valence-electron chi connectivity index (χ4n) is 1.90. The van der Waals surface area contributed by atoms with Gasteiger partial charge in [-0.1, -0.05) is 24.3 Å². The van der Waals surface area contributed by atoms with Crippen molar-refractivity contribution in [2.75, 3.05) is 0 Å². The summed E-state index contributed by atoms with van der Waals surface area (Å²) in [6.07, 6.45) is 1.75. The van der Waals surface area contributed by atoms with Gasteiger partial charge < -0.3 is 16.3 Å². The molecular formula is C12H13N3O3. The Balaban J connectivity index is 2.20. The van der Waals surface area contributed by atoms with Crippen LogP contribution in [0.4, 0.5) is 4.79 Å². The molecule has 0 unspecified atom stereocenters. The Morgan fingerprint density at radius 2 is 1.89 bits per heavy atom. The molecule has 6 heteroatoms. The van der Waals surface area contributed by atoms with E-state index >= 15 is 0 Å². The van der Waals surface area contributed by atoms with E-state index in [2.05, 4.69) is 9.84 Å². The van der Waals surface area contributed by atoms with E-state index < -0.39 is 17.5 Å². The van der Waals surface area contributed by atoms with Crippen molar-refractivity contribution in [3.8, 4) is 0 Å². The maximum atomic E-state index is 11.8. The molecule has 0 saturated heterocycles. The quantitative estimate of drug-likeness (QED) is 0.268. The van der Waals surface area contributed by atoms with Crippen LogP contribution in [-0.4, -0.2) is 18.3 Å². The van der Waals surface area contributed by atoms with Gasteiger partial charge in [-0.3, -0.25) is 4.79 Å². The van der Waals surface area contributed by atoms with Gasteiger partial charge in [0.15, 0.2) is 0 Å². The van der Waals surface area contributed by atoms with Gasteiger partial charge in [0, 0.05) is 0 Å². The maximum Gasteiger partial charge on any atom is 0.412 e. The predicted octanol–water partition coefficient (Wildman–Crippen LogP) is 0.633. The van der Waals surface area contributed by atoms with Gasteiger partial charge in [0.2, 0.25) is 0 Å². The third-order valence-electron chi connectivity index (χ3n) is 3.02. The third kappa shape index (κ3) is 2.17. The molecule has 0 aromatic heterocycles. The second kappa shape index (κ2) is 4.48. The van der Waals surface area contributed by atoms with Crippen LogP contribution in [0, 0.1) is 0 Å². The van der Waals surface area contributed by atoms with Crippen molar-refractivity contribution in [2.24, 2.45) is 16.7 Å². The van der Waals surface area contributed by atoms with Gasteiger partial charge in [0.1, 0.15) is 0 Å². The largest absolute Gasteiger partial charge is 0.412 e. The molecule has 1 aromatic rings. The lowest BCUT2D eigenvalue weighted by atomic mass is 9.95. The number of amides is 1. The fraction of sp³-hybridized carbons (Fsp3) is 0.250. The Kier molecular flexibility index (Phi) is 3.01. The predicted molar refractivity (Wildman–Crippen MR) is 64.8 cm³/mol. The molecule has 0 radical (unpaired) electrons. The lowest BCUT2D eigenvalue weighted by Gasteiger charge is -2.12. The van der Waals surface area contributed by atoms with Crippen LogP contribution in [0.3, 0.4) is 0 Å². The van der Waals surface area contributed by atoms with E-state index in [9.17, 15) is 9.59 Å². The lowest BCUT2D eigenvalue weighted by Crippen LogP contribution is -2.28. The molecular weight excluding hydrogens is 234 g/mol. The zero-order valence-corrected chi connectivity index (χ0v) is 9.63. The maximum absolute atomic E-state index is 11.8. The van der Waals surface area contributed by atoms with Gasteiger partial charge in [0.05, 0.1) is 11.6 Å². The Labute approximate surface area is 104 Å². The first-order chi connectivity index (χ1) is 8.58. The fourth-order valence-corrected chi connectivity index (χ4v) is 1.90. The minimum atomic E-state index is -1.07. The number of ether oxygens (including phenoxy) is 1. The number of rotatable bonds is 3. The third-order valence-corrected chi connectivity index (χ3v) is 3.02. The van der Waals surface area contributed by atoms with E-state index in [0.29, 0.717) is 12.8 Å². The zero-order chi connectivity index (χ0) is 13.2. The number of hydrogen-bond acceptors (Lipinski definition) is 5. The molecule has 1 aliphatic carbocycles. The highest BCUT2D eigenvalue weighted by Crippen LogP contribution is 2.49. The summed E-state index contributed by atoms with van der Waals surface area (Å²) in [4.78, 5) is 22.4. The number of benzene rings is 1. The van der Waals surface area contributed by atoms with E-state index in [1.807, 2.05) is 0 Å². The van der Waals surface area contributed by atoms with Crippen LogP contribution in [0.25, 0.3) is 0 Å². The SMILES string of the molecule is NN=Cc1ccc(C2(C(=O)OC(N)=O)CC2)cc1. The molecule has 1 aliphatic rings. The normalized spacial score (nSPS) is 16.4. The standard InChI is InChI=1S/C12H13N3O3/c13-11(17)18-10(16)12(5-6-12)9-3-1-8(2-4-9)7-15-14/h1-4,7H,5-6,14H2,(H2,13,17). The van der Waals surface area contributed by atoms with Crippen molar-refractivity contribution in [1.29, 1.82) is 0 Å². The first-order valence-electron chi connectivity index (χ1n) is 5.44. The highest BCUT2D eigenvalue weighted by Gasteiger charge is 2.53. The Hall–Kier alpha value is -2.37. The molecule has 1 amide bonds. The lowest BCUT2D eigenvalue weighted by molar-refractivity contribution is -0.140. The second-order valence-corrected chi connectivity index (χ2v) is 4.19. The molecule has 0 aliphatic heterocycles. The van der Waals surface area contributed by atoms with Crippen LogP contribution >= 0.6 is 0 Å². The summed E-state index contributed by atoms with van der Waals surface area (Å²) in [6.45, 7) is 0. The van der Waals surface area contributed by atoms with E-state index in [1.165, 1.54) is 6.21 Å². The first kappa shape index (κ1) is 12.1. The van der Waals surface area contributed by atoms with E-state index in [0.717, 1.165) is 11.1 Å². The minimum Gasteiger partial charge on any atom is -0.376 e. The van der Waals surface area contributed by atoms with Crippen molar-refractivity contribution >= 4 is 18.3 Å². The van der Waals surface area contributed by atoms with Crippen LogP contribution in [-0.2, 0) is 14.9 Å². The van der Waals surface area contributed by atoms with E-state index in [-0.39, 0.29) is 0 Å². The zero-order valence-electron chi connectivity index (χ0n) is 9.63. The molecule has 1 saturated carbocycles. The number of carbonyl (C=O) groups is 2. The average Bonchev–Trinajstić information content (AvgIpc) is 3.11. The summed E-state index contributed by atoms with van der Waals surface area (Å²) >= 11 is 0. The number of primary amides is 1. The summed E-state index contributed by atoms with van der Waals surface area (Å²) < 4.78 is 4.46. The number of carbonyl (C=O) groups excluding carboxylic acids is 2. The minimum absolute atomic E-state index is 0.588. The number of nitrogens with zero attached hydrogens (tertiary/aromatic N) is 1. The van der Waals surface area contributed by atoms with Gasteiger partial charge in [-0.25, -0.2) is 4.79 Å². The van der Waals surface area contributed by atoms with Gasteiger partial charge >= 0.3 is 12.1 Å². The summed E-state index contributed by atoms with van der Waals surface area (Å²) in [5, 5.41) is 3.41. The van der Waals surface area contributed by atoms with Gasteiger partial charge in [0.25, 0.3) is 0 Å².